The Kier molecular flexibility index (Phi) is 5.89. The quantitative estimate of drug-likeness (QED) is 0.653. The summed E-state index contributed by atoms with van der Waals surface area (Å²) in [7, 11) is 1.57. The Morgan fingerprint density at radius 3 is 2.78 bits per heavy atom. The van der Waals surface area contributed by atoms with E-state index < -0.39 is 11.9 Å². The molecule has 0 radical (unpaired) electrons. The number of furan rings is 1. The summed E-state index contributed by atoms with van der Waals surface area (Å²) in [6.45, 7) is 1.61. The van der Waals surface area contributed by atoms with Crippen molar-refractivity contribution in [3.63, 3.8) is 0 Å². The summed E-state index contributed by atoms with van der Waals surface area (Å²) in [4.78, 5) is 22.1. The van der Waals surface area contributed by atoms with E-state index >= 15 is 0 Å². The number of carboxylic acids is 1. The van der Waals surface area contributed by atoms with Crippen LogP contribution in [0.3, 0.4) is 0 Å². The zero-order valence-electron chi connectivity index (χ0n) is 9.97. The number of nitrogens with one attached hydrogen (secondary N) is 1. The third kappa shape index (κ3) is 4.56. The lowest BCUT2D eigenvalue weighted by Crippen LogP contribution is -2.27. The lowest BCUT2D eigenvalue weighted by Gasteiger charge is -2.04. The van der Waals surface area contributed by atoms with Gasteiger partial charge in [-0.05, 0) is 0 Å². The zero-order valence-corrected chi connectivity index (χ0v) is 9.97. The number of rotatable bonds is 8. The van der Waals surface area contributed by atoms with Crippen molar-refractivity contribution < 1.29 is 28.6 Å². The summed E-state index contributed by atoms with van der Waals surface area (Å²) < 4.78 is 14.7. The van der Waals surface area contributed by atoms with Crippen LogP contribution < -0.4 is 5.32 Å². The van der Waals surface area contributed by atoms with Gasteiger partial charge in [-0.2, -0.15) is 0 Å². The minimum Gasteiger partial charge on any atom is -0.478 e. The van der Waals surface area contributed by atoms with Crippen molar-refractivity contribution in [1.29, 1.82) is 0 Å². The van der Waals surface area contributed by atoms with E-state index in [1.807, 2.05) is 0 Å². The van der Waals surface area contributed by atoms with Crippen LogP contribution in [0.5, 0.6) is 0 Å². The van der Waals surface area contributed by atoms with Crippen molar-refractivity contribution in [2.75, 3.05) is 33.5 Å². The first-order valence-electron chi connectivity index (χ1n) is 5.32. The molecule has 0 unspecified atom stereocenters. The van der Waals surface area contributed by atoms with Gasteiger partial charge < -0.3 is 24.3 Å². The van der Waals surface area contributed by atoms with E-state index in [1.165, 1.54) is 6.07 Å². The molecule has 7 heteroatoms. The van der Waals surface area contributed by atoms with Crippen molar-refractivity contribution in [2.24, 2.45) is 0 Å². The molecule has 0 saturated carbocycles. The van der Waals surface area contributed by atoms with Gasteiger partial charge in [0.2, 0.25) is 0 Å². The molecule has 0 aliphatic carbocycles. The molecule has 0 saturated heterocycles. The van der Waals surface area contributed by atoms with Crippen LogP contribution in [0, 0.1) is 0 Å². The summed E-state index contributed by atoms with van der Waals surface area (Å²) in [6, 6.07) is 1.17. The molecule has 1 rings (SSSR count). The summed E-state index contributed by atoms with van der Waals surface area (Å²) in [6.07, 6.45) is 1.02. The second-order valence-electron chi connectivity index (χ2n) is 3.37. The van der Waals surface area contributed by atoms with Gasteiger partial charge in [0.05, 0.1) is 25.4 Å². The highest BCUT2D eigenvalue weighted by Crippen LogP contribution is 2.07. The van der Waals surface area contributed by atoms with Gasteiger partial charge in [-0.25, -0.2) is 4.79 Å². The Labute approximate surface area is 104 Å². The maximum Gasteiger partial charge on any atom is 0.338 e. The number of hydrogen-bond donors (Lipinski definition) is 2. The molecule has 0 bridgehead atoms. The predicted molar refractivity (Wildman–Crippen MR) is 60.7 cm³/mol. The molecule has 1 aromatic rings. The molecule has 1 aromatic heterocycles. The van der Waals surface area contributed by atoms with E-state index in [4.69, 9.17) is 19.0 Å². The highest BCUT2D eigenvalue weighted by atomic mass is 16.5. The molecule has 0 aliphatic rings. The van der Waals surface area contributed by atoms with Crippen molar-refractivity contribution in [3.8, 4) is 0 Å². The SMILES string of the molecule is COCCOCCNC(=O)c1cc(C(=O)O)co1. The number of hydrogen-bond acceptors (Lipinski definition) is 5. The van der Waals surface area contributed by atoms with E-state index in [-0.39, 0.29) is 11.3 Å². The lowest BCUT2D eigenvalue weighted by molar-refractivity contribution is 0.0686. The Bertz CT molecular complexity index is 400. The fourth-order valence-electron chi connectivity index (χ4n) is 1.14. The molecule has 0 aliphatic heterocycles. The van der Waals surface area contributed by atoms with Gasteiger partial charge in [0, 0.05) is 19.7 Å². The van der Waals surface area contributed by atoms with E-state index in [2.05, 4.69) is 5.32 Å². The number of aromatic carboxylic acids is 1. The third-order valence-corrected chi connectivity index (χ3v) is 2.03. The molecule has 0 fully saturated rings. The molecule has 100 valence electrons. The first kappa shape index (κ1) is 14.2. The molecule has 2 N–H and O–H groups in total. The van der Waals surface area contributed by atoms with E-state index in [0.29, 0.717) is 26.4 Å². The highest BCUT2D eigenvalue weighted by Gasteiger charge is 2.13. The molecule has 0 aromatic carbocycles. The van der Waals surface area contributed by atoms with Crippen LogP contribution in [0.4, 0.5) is 0 Å². The number of carboxylic acid groups (broad SMARTS) is 1. The summed E-state index contributed by atoms with van der Waals surface area (Å²) in [5, 5.41) is 11.2. The van der Waals surface area contributed by atoms with Crippen molar-refractivity contribution >= 4 is 11.9 Å². The van der Waals surface area contributed by atoms with Gasteiger partial charge in [0.1, 0.15) is 6.26 Å². The Hall–Kier alpha value is -1.86. The maximum atomic E-state index is 11.5. The van der Waals surface area contributed by atoms with Gasteiger partial charge >= 0.3 is 5.97 Å². The van der Waals surface area contributed by atoms with E-state index in [1.54, 1.807) is 7.11 Å². The molecule has 0 spiro atoms. The lowest BCUT2D eigenvalue weighted by atomic mass is 10.3. The fraction of sp³-hybridized carbons (Fsp3) is 0.455. The van der Waals surface area contributed by atoms with Crippen LogP contribution >= 0.6 is 0 Å². The number of carbonyl (C=O) groups excluding carboxylic acids is 1. The first-order valence-corrected chi connectivity index (χ1v) is 5.32. The average molecular weight is 257 g/mol. The van der Waals surface area contributed by atoms with Gasteiger partial charge in [-0.3, -0.25) is 4.79 Å². The number of carbonyl (C=O) groups is 2. The molecule has 7 nitrogen and oxygen atoms in total. The summed E-state index contributed by atoms with van der Waals surface area (Å²) >= 11 is 0. The minimum atomic E-state index is -1.14. The smallest absolute Gasteiger partial charge is 0.338 e. The van der Waals surface area contributed by atoms with E-state index in [9.17, 15) is 9.59 Å². The molecular weight excluding hydrogens is 242 g/mol. The van der Waals surface area contributed by atoms with E-state index in [0.717, 1.165) is 6.26 Å². The molecule has 1 heterocycles. The monoisotopic (exact) mass is 257 g/mol. The summed E-state index contributed by atoms with van der Waals surface area (Å²) in [5.41, 5.74) is -0.0588. The molecule has 18 heavy (non-hydrogen) atoms. The zero-order chi connectivity index (χ0) is 13.4. The largest absolute Gasteiger partial charge is 0.478 e. The Morgan fingerprint density at radius 1 is 1.39 bits per heavy atom. The fourth-order valence-corrected chi connectivity index (χ4v) is 1.14. The van der Waals surface area contributed by atoms with Gasteiger partial charge in [0.15, 0.2) is 5.76 Å². The topological polar surface area (TPSA) is 98.0 Å². The predicted octanol–water partition coefficient (Wildman–Crippen LogP) is 0.371. The van der Waals surface area contributed by atoms with Crippen LogP contribution in [-0.2, 0) is 9.47 Å². The Morgan fingerprint density at radius 2 is 2.17 bits per heavy atom. The second kappa shape index (κ2) is 7.46. The minimum absolute atomic E-state index is 0.0377. The normalized spacial score (nSPS) is 10.3. The first-order chi connectivity index (χ1) is 8.65. The number of amides is 1. The number of methoxy groups -OCH3 is 1. The van der Waals surface area contributed by atoms with Crippen molar-refractivity contribution in [2.45, 2.75) is 0 Å². The van der Waals surface area contributed by atoms with Crippen LogP contribution in [0.1, 0.15) is 20.9 Å². The molecular formula is C11H15NO6. The summed E-state index contributed by atoms with van der Waals surface area (Å²) in [5.74, 6) is -1.65. The third-order valence-electron chi connectivity index (χ3n) is 2.03. The van der Waals surface area contributed by atoms with Crippen LogP contribution in [0.15, 0.2) is 16.7 Å². The average Bonchev–Trinajstić information content (AvgIpc) is 2.83. The van der Waals surface area contributed by atoms with Gasteiger partial charge in [-0.15, -0.1) is 0 Å². The number of ether oxygens (including phenoxy) is 2. The van der Waals surface area contributed by atoms with Gasteiger partial charge in [-0.1, -0.05) is 0 Å². The standard InChI is InChI=1S/C11H15NO6/c1-16-4-5-17-3-2-12-10(13)9-6-8(7-18-9)11(14)15/h6-7H,2-5H2,1H3,(H,12,13)(H,14,15). The van der Waals surface area contributed by atoms with Crippen molar-refractivity contribution in [1.82, 2.24) is 5.32 Å². The molecule has 1 amide bonds. The highest BCUT2D eigenvalue weighted by molar-refractivity contribution is 5.95. The maximum absolute atomic E-state index is 11.5. The van der Waals surface area contributed by atoms with Crippen molar-refractivity contribution in [3.05, 3.63) is 23.7 Å². The Balaban J connectivity index is 2.25. The van der Waals surface area contributed by atoms with Crippen LogP contribution in [0.25, 0.3) is 0 Å². The van der Waals surface area contributed by atoms with Crippen LogP contribution in [-0.4, -0.2) is 50.5 Å². The van der Waals surface area contributed by atoms with Crippen LogP contribution in [0.2, 0.25) is 0 Å². The van der Waals surface area contributed by atoms with Gasteiger partial charge in [0.25, 0.3) is 5.91 Å². The molecule has 0 atom stereocenters. The second-order valence-corrected chi connectivity index (χ2v) is 3.37.